The van der Waals surface area contributed by atoms with Gasteiger partial charge in [-0.25, -0.2) is 0 Å². The quantitative estimate of drug-likeness (QED) is 0.825. The van der Waals surface area contributed by atoms with E-state index in [2.05, 4.69) is 46.0 Å². The van der Waals surface area contributed by atoms with Crippen molar-refractivity contribution in [2.45, 2.75) is 32.2 Å². The molecule has 0 N–H and O–H groups in total. The summed E-state index contributed by atoms with van der Waals surface area (Å²) < 4.78 is 0.897. The zero-order valence-corrected chi connectivity index (χ0v) is 11.0. The minimum absolute atomic E-state index is 0.667. The Hall–Kier alpha value is -1.01. The zero-order valence-electron chi connectivity index (χ0n) is 9.41. The van der Waals surface area contributed by atoms with Gasteiger partial charge < -0.3 is 4.90 Å². The molecule has 0 bridgehead atoms. The van der Waals surface area contributed by atoms with Crippen LogP contribution in [0.25, 0.3) is 0 Å². The summed E-state index contributed by atoms with van der Waals surface area (Å²) in [6.45, 7) is 3.37. The Morgan fingerprint density at radius 2 is 2.38 bits per heavy atom. The maximum absolute atomic E-state index is 8.88. The molecule has 1 aromatic carbocycles. The Kier molecular flexibility index (Phi) is 3.50. The van der Waals surface area contributed by atoms with Crippen LogP contribution >= 0.6 is 15.9 Å². The van der Waals surface area contributed by atoms with Gasteiger partial charge in [-0.3, -0.25) is 0 Å². The molecule has 0 spiro atoms. The van der Waals surface area contributed by atoms with Crippen LogP contribution in [-0.4, -0.2) is 12.6 Å². The van der Waals surface area contributed by atoms with Crippen LogP contribution in [0.1, 0.15) is 31.7 Å². The van der Waals surface area contributed by atoms with E-state index in [4.69, 9.17) is 5.26 Å². The van der Waals surface area contributed by atoms with Gasteiger partial charge in [0.2, 0.25) is 0 Å². The first-order valence-electron chi connectivity index (χ1n) is 5.72. The lowest BCUT2D eigenvalue weighted by Crippen LogP contribution is -2.28. The summed E-state index contributed by atoms with van der Waals surface area (Å²) in [7, 11) is 0. The van der Waals surface area contributed by atoms with Crippen molar-refractivity contribution in [3.05, 3.63) is 28.2 Å². The van der Waals surface area contributed by atoms with Crippen molar-refractivity contribution in [3.8, 4) is 6.07 Å². The fourth-order valence-corrected chi connectivity index (χ4v) is 2.83. The number of rotatable bonds is 2. The third-order valence-corrected chi connectivity index (χ3v) is 3.91. The Morgan fingerprint density at radius 3 is 3.00 bits per heavy atom. The summed E-state index contributed by atoms with van der Waals surface area (Å²) in [5, 5.41) is 8.88. The van der Waals surface area contributed by atoms with Gasteiger partial charge >= 0.3 is 0 Å². The van der Waals surface area contributed by atoms with Crippen LogP contribution in [0, 0.1) is 11.3 Å². The van der Waals surface area contributed by atoms with Gasteiger partial charge in [0.1, 0.15) is 6.07 Å². The zero-order chi connectivity index (χ0) is 11.5. The van der Waals surface area contributed by atoms with Crippen molar-refractivity contribution >= 4 is 21.6 Å². The number of hydrogen-bond donors (Lipinski definition) is 0. The highest BCUT2D eigenvalue weighted by atomic mass is 79.9. The molecule has 1 aromatic rings. The van der Waals surface area contributed by atoms with E-state index in [-0.39, 0.29) is 0 Å². The van der Waals surface area contributed by atoms with Crippen LogP contribution in [0.5, 0.6) is 0 Å². The van der Waals surface area contributed by atoms with Gasteiger partial charge in [-0.05, 0) is 53.4 Å². The first-order chi connectivity index (χ1) is 7.76. The number of nitrogens with zero attached hydrogens (tertiary/aromatic N) is 2. The van der Waals surface area contributed by atoms with Crippen LogP contribution in [0.15, 0.2) is 22.7 Å². The minimum atomic E-state index is 0.667. The number of nitriles is 1. The molecule has 3 heteroatoms. The number of halogens is 1. The standard InChI is InChI=1S/C13H15BrN2/c1-2-11-4-3-7-16(11)12-6-5-10(9-15)13(14)8-12/h5-6,8,11H,2-4,7H2,1H3. The van der Waals surface area contributed by atoms with Crippen molar-refractivity contribution in [3.63, 3.8) is 0 Å². The Morgan fingerprint density at radius 1 is 1.56 bits per heavy atom. The fraction of sp³-hybridized carbons (Fsp3) is 0.462. The van der Waals surface area contributed by atoms with Gasteiger partial charge in [-0.2, -0.15) is 5.26 Å². The lowest BCUT2D eigenvalue weighted by Gasteiger charge is -2.26. The van der Waals surface area contributed by atoms with Gasteiger partial charge in [0.15, 0.2) is 0 Å². The molecule has 0 aromatic heterocycles. The first kappa shape index (κ1) is 11.5. The molecule has 0 radical (unpaired) electrons. The van der Waals surface area contributed by atoms with Gasteiger partial charge in [-0.15, -0.1) is 0 Å². The van der Waals surface area contributed by atoms with Gasteiger partial charge in [0.25, 0.3) is 0 Å². The molecule has 1 unspecified atom stereocenters. The molecular weight excluding hydrogens is 264 g/mol. The second-order valence-corrected chi connectivity index (χ2v) is 5.03. The monoisotopic (exact) mass is 278 g/mol. The molecule has 2 rings (SSSR count). The molecule has 0 aliphatic carbocycles. The van der Waals surface area contributed by atoms with Crippen molar-refractivity contribution in [1.82, 2.24) is 0 Å². The van der Waals surface area contributed by atoms with E-state index in [0.717, 1.165) is 11.0 Å². The van der Waals surface area contributed by atoms with E-state index in [1.165, 1.54) is 24.9 Å². The van der Waals surface area contributed by atoms with E-state index in [1.807, 2.05) is 6.07 Å². The molecule has 84 valence electrons. The molecule has 1 atom stereocenters. The van der Waals surface area contributed by atoms with E-state index >= 15 is 0 Å². The SMILES string of the molecule is CCC1CCCN1c1ccc(C#N)c(Br)c1. The molecule has 0 amide bonds. The van der Waals surface area contributed by atoms with Crippen molar-refractivity contribution < 1.29 is 0 Å². The average molecular weight is 279 g/mol. The van der Waals surface area contributed by atoms with E-state index in [9.17, 15) is 0 Å². The van der Waals surface area contributed by atoms with E-state index < -0.39 is 0 Å². The maximum atomic E-state index is 8.88. The van der Waals surface area contributed by atoms with Crippen LogP contribution < -0.4 is 4.90 Å². The number of hydrogen-bond acceptors (Lipinski definition) is 2. The predicted octanol–water partition coefficient (Wildman–Crippen LogP) is 3.70. The highest BCUT2D eigenvalue weighted by molar-refractivity contribution is 9.10. The third kappa shape index (κ3) is 2.08. The summed E-state index contributed by atoms with van der Waals surface area (Å²) in [4.78, 5) is 2.45. The molecule has 1 aliphatic heterocycles. The molecule has 1 fully saturated rings. The average Bonchev–Trinajstić information content (AvgIpc) is 2.77. The second kappa shape index (κ2) is 4.88. The van der Waals surface area contributed by atoms with Gasteiger partial charge in [-0.1, -0.05) is 6.92 Å². The second-order valence-electron chi connectivity index (χ2n) is 4.17. The lowest BCUT2D eigenvalue weighted by molar-refractivity contribution is 0.645. The van der Waals surface area contributed by atoms with Crippen LogP contribution in [0.4, 0.5) is 5.69 Å². The molecule has 1 aliphatic rings. The van der Waals surface area contributed by atoms with E-state index in [1.54, 1.807) is 0 Å². The van der Waals surface area contributed by atoms with Crippen LogP contribution in [0.2, 0.25) is 0 Å². The Labute approximate surface area is 105 Å². The topological polar surface area (TPSA) is 27.0 Å². The third-order valence-electron chi connectivity index (χ3n) is 3.25. The van der Waals surface area contributed by atoms with Crippen LogP contribution in [0.3, 0.4) is 0 Å². The highest BCUT2D eigenvalue weighted by Gasteiger charge is 2.23. The summed E-state index contributed by atoms with van der Waals surface area (Å²) in [5.41, 5.74) is 1.94. The number of benzene rings is 1. The number of anilines is 1. The Bertz CT molecular complexity index is 422. The smallest absolute Gasteiger partial charge is 0.100 e. The van der Waals surface area contributed by atoms with Crippen molar-refractivity contribution in [2.75, 3.05) is 11.4 Å². The van der Waals surface area contributed by atoms with Crippen LogP contribution in [-0.2, 0) is 0 Å². The minimum Gasteiger partial charge on any atom is -0.369 e. The lowest BCUT2D eigenvalue weighted by atomic mass is 10.1. The van der Waals surface area contributed by atoms with Crippen molar-refractivity contribution in [1.29, 1.82) is 5.26 Å². The molecular formula is C13H15BrN2. The first-order valence-corrected chi connectivity index (χ1v) is 6.52. The molecule has 2 nitrogen and oxygen atoms in total. The molecule has 16 heavy (non-hydrogen) atoms. The normalized spacial score (nSPS) is 19.8. The van der Waals surface area contributed by atoms with E-state index in [0.29, 0.717) is 11.6 Å². The van der Waals surface area contributed by atoms with Gasteiger partial charge in [0, 0.05) is 22.7 Å². The summed E-state index contributed by atoms with van der Waals surface area (Å²) >= 11 is 3.45. The molecule has 0 saturated carbocycles. The molecule has 1 heterocycles. The molecule has 1 saturated heterocycles. The summed E-state index contributed by atoms with van der Waals surface area (Å²) in [6, 6.07) is 8.85. The fourth-order valence-electron chi connectivity index (χ4n) is 2.37. The largest absolute Gasteiger partial charge is 0.369 e. The Balaban J connectivity index is 2.28. The summed E-state index contributed by atoms with van der Waals surface area (Å²) in [5.74, 6) is 0. The van der Waals surface area contributed by atoms with Crippen molar-refractivity contribution in [2.24, 2.45) is 0 Å². The summed E-state index contributed by atoms with van der Waals surface area (Å²) in [6.07, 6.45) is 3.75. The highest BCUT2D eigenvalue weighted by Crippen LogP contribution is 2.30. The van der Waals surface area contributed by atoms with Gasteiger partial charge in [0.05, 0.1) is 5.56 Å². The maximum Gasteiger partial charge on any atom is 0.100 e. The predicted molar refractivity (Wildman–Crippen MR) is 69.5 cm³/mol.